The molecular weight excluding hydrogens is 311 g/mol. The lowest BCUT2D eigenvalue weighted by Crippen LogP contribution is -2.15. The second kappa shape index (κ2) is 5.58. The summed E-state index contributed by atoms with van der Waals surface area (Å²) in [7, 11) is 0. The van der Waals surface area contributed by atoms with Crippen LogP contribution in [0.25, 0.3) is 16.6 Å². The largest absolute Gasteiger partial charge is 0.361 e. The minimum absolute atomic E-state index is 0.262. The Bertz CT molecular complexity index is 1020. The van der Waals surface area contributed by atoms with Gasteiger partial charge in [0, 0.05) is 28.9 Å². The number of aromatic nitrogens is 5. The van der Waals surface area contributed by atoms with E-state index in [1.54, 1.807) is 6.07 Å². The topological polar surface area (TPSA) is 88.5 Å². The summed E-state index contributed by atoms with van der Waals surface area (Å²) in [5, 5.41) is 14.5. The van der Waals surface area contributed by atoms with Gasteiger partial charge in [-0.2, -0.15) is 4.68 Å². The molecule has 2 N–H and O–H groups in total. The van der Waals surface area contributed by atoms with Crippen LogP contribution in [0.5, 0.6) is 0 Å². The highest BCUT2D eigenvalue weighted by molar-refractivity contribution is 6.07. The highest BCUT2D eigenvalue weighted by Crippen LogP contribution is 2.20. The Kier molecular flexibility index (Phi) is 3.27. The molecule has 0 unspecified atom stereocenters. The van der Waals surface area contributed by atoms with E-state index in [1.165, 1.54) is 29.2 Å². The molecular formula is C16H11FN6O. The zero-order valence-corrected chi connectivity index (χ0v) is 12.3. The van der Waals surface area contributed by atoms with Gasteiger partial charge in [-0.1, -0.05) is 0 Å². The Morgan fingerprint density at radius 1 is 1.17 bits per heavy atom. The molecule has 0 aliphatic heterocycles. The van der Waals surface area contributed by atoms with Crippen LogP contribution in [0.15, 0.2) is 55.0 Å². The summed E-state index contributed by atoms with van der Waals surface area (Å²) < 4.78 is 14.8. The summed E-state index contributed by atoms with van der Waals surface area (Å²) in [6, 6.07) is 11.3. The SMILES string of the molecule is O=C(Nc1ccc2[nH]ccc2c1)c1ccc(F)cc1-n1cnnn1. The lowest BCUT2D eigenvalue weighted by atomic mass is 10.1. The molecule has 0 aliphatic carbocycles. The number of fused-ring (bicyclic) bond motifs is 1. The predicted molar refractivity (Wildman–Crippen MR) is 85.4 cm³/mol. The molecule has 2 aromatic heterocycles. The van der Waals surface area contributed by atoms with Gasteiger partial charge < -0.3 is 10.3 Å². The van der Waals surface area contributed by atoms with Crippen LogP contribution in [-0.4, -0.2) is 31.1 Å². The van der Waals surface area contributed by atoms with Gasteiger partial charge in [0.25, 0.3) is 5.91 Å². The van der Waals surface area contributed by atoms with E-state index in [4.69, 9.17) is 0 Å². The summed E-state index contributed by atoms with van der Waals surface area (Å²) in [5.41, 5.74) is 2.14. The molecule has 4 rings (SSSR count). The first kappa shape index (κ1) is 14.1. The Balaban J connectivity index is 1.69. The molecule has 2 heterocycles. The molecule has 0 atom stereocenters. The van der Waals surface area contributed by atoms with Crippen molar-refractivity contribution in [2.45, 2.75) is 0 Å². The summed E-state index contributed by atoms with van der Waals surface area (Å²) >= 11 is 0. The number of tetrazole rings is 1. The molecule has 8 heteroatoms. The van der Waals surface area contributed by atoms with Gasteiger partial charge in [-0.15, -0.1) is 5.10 Å². The number of hydrogen-bond donors (Lipinski definition) is 2. The van der Waals surface area contributed by atoms with Crippen molar-refractivity contribution in [1.29, 1.82) is 0 Å². The van der Waals surface area contributed by atoms with Crippen molar-refractivity contribution in [1.82, 2.24) is 25.2 Å². The molecule has 0 fully saturated rings. The van der Waals surface area contributed by atoms with Crippen molar-refractivity contribution < 1.29 is 9.18 Å². The van der Waals surface area contributed by atoms with Crippen LogP contribution >= 0.6 is 0 Å². The van der Waals surface area contributed by atoms with E-state index >= 15 is 0 Å². The van der Waals surface area contributed by atoms with Crippen molar-refractivity contribution in [3.05, 3.63) is 66.4 Å². The number of nitrogens with zero attached hydrogens (tertiary/aromatic N) is 4. The minimum Gasteiger partial charge on any atom is -0.361 e. The van der Waals surface area contributed by atoms with E-state index in [-0.39, 0.29) is 17.2 Å². The van der Waals surface area contributed by atoms with Crippen molar-refractivity contribution in [3.63, 3.8) is 0 Å². The average molecular weight is 322 g/mol. The molecule has 0 bridgehead atoms. The smallest absolute Gasteiger partial charge is 0.257 e. The van der Waals surface area contributed by atoms with Gasteiger partial charge in [-0.25, -0.2) is 4.39 Å². The minimum atomic E-state index is -0.481. The molecule has 0 spiro atoms. The van der Waals surface area contributed by atoms with Gasteiger partial charge in [0.2, 0.25) is 0 Å². The van der Waals surface area contributed by atoms with Gasteiger partial charge in [-0.3, -0.25) is 4.79 Å². The number of H-pyrrole nitrogens is 1. The first-order chi connectivity index (χ1) is 11.7. The molecule has 0 aliphatic rings. The number of aromatic amines is 1. The number of rotatable bonds is 3. The lowest BCUT2D eigenvalue weighted by molar-refractivity contribution is 0.102. The maximum absolute atomic E-state index is 13.6. The first-order valence-electron chi connectivity index (χ1n) is 7.12. The van der Waals surface area contributed by atoms with Gasteiger partial charge in [-0.05, 0) is 46.8 Å². The van der Waals surface area contributed by atoms with E-state index in [0.29, 0.717) is 5.69 Å². The molecule has 2 aromatic carbocycles. The second-order valence-electron chi connectivity index (χ2n) is 5.15. The Hall–Kier alpha value is -3.55. The Morgan fingerprint density at radius 2 is 2.08 bits per heavy atom. The van der Waals surface area contributed by atoms with Crippen molar-refractivity contribution in [3.8, 4) is 5.69 Å². The summed E-state index contributed by atoms with van der Waals surface area (Å²) in [6.07, 6.45) is 3.13. The molecule has 7 nitrogen and oxygen atoms in total. The van der Waals surface area contributed by atoms with Crippen LogP contribution in [0.3, 0.4) is 0 Å². The van der Waals surface area contributed by atoms with E-state index in [9.17, 15) is 9.18 Å². The number of amides is 1. The van der Waals surface area contributed by atoms with Gasteiger partial charge in [0.15, 0.2) is 0 Å². The summed E-state index contributed by atoms with van der Waals surface area (Å²) in [5.74, 6) is -0.860. The highest BCUT2D eigenvalue weighted by atomic mass is 19.1. The van der Waals surface area contributed by atoms with Crippen LogP contribution < -0.4 is 5.32 Å². The van der Waals surface area contributed by atoms with Crippen molar-refractivity contribution in [2.75, 3.05) is 5.32 Å². The zero-order chi connectivity index (χ0) is 16.5. The van der Waals surface area contributed by atoms with Crippen molar-refractivity contribution >= 4 is 22.5 Å². The lowest BCUT2D eigenvalue weighted by Gasteiger charge is -2.10. The van der Waals surface area contributed by atoms with E-state index in [1.807, 2.05) is 24.4 Å². The molecule has 0 radical (unpaired) electrons. The molecule has 118 valence electrons. The fourth-order valence-corrected chi connectivity index (χ4v) is 2.49. The number of carbonyl (C=O) groups is 1. The maximum atomic E-state index is 13.6. The monoisotopic (exact) mass is 322 g/mol. The predicted octanol–water partition coefficient (Wildman–Crippen LogP) is 2.53. The average Bonchev–Trinajstić information content (AvgIpc) is 3.26. The first-order valence-corrected chi connectivity index (χ1v) is 7.12. The van der Waals surface area contributed by atoms with Crippen LogP contribution in [-0.2, 0) is 0 Å². The van der Waals surface area contributed by atoms with Gasteiger partial charge >= 0.3 is 0 Å². The molecule has 1 amide bonds. The van der Waals surface area contributed by atoms with Crippen LogP contribution in [0.4, 0.5) is 10.1 Å². The summed E-state index contributed by atoms with van der Waals surface area (Å²) in [6.45, 7) is 0. The van der Waals surface area contributed by atoms with Crippen LogP contribution in [0, 0.1) is 5.82 Å². The third-order valence-electron chi connectivity index (χ3n) is 3.61. The number of halogens is 1. The highest BCUT2D eigenvalue weighted by Gasteiger charge is 2.15. The Morgan fingerprint density at radius 3 is 2.92 bits per heavy atom. The number of carbonyl (C=O) groups excluding carboxylic acids is 1. The fraction of sp³-hybridized carbons (Fsp3) is 0. The third kappa shape index (κ3) is 2.50. The second-order valence-corrected chi connectivity index (χ2v) is 5.15. The van der Waals surface area contributed by atoms with E-state index in [2.05, 4.69) is 25.8 Å². The fourth-order valence-electron chi connectivity index (χ4n) is 2.49. The quantitative estimate of drug-likeness (QED) is 0.606. The number of anilines is 1. The summed E-state index contributed by atoms with van der Waals surface area (Å²) in [4.78, 5) is 15.7. The van der Waals surface area contributed by atoms with Crippen LogP contribution in [0.2, 0.25) is 0 Å². The molecule has 4 aromatic rings. The molecule has 0 saturated carbocycles. The van der Waals surface area contributed by atoms with Crippen molar-refractivity contribution in [2.24, 2.45) is 0 Å². The Labute approximate surface area is 135 Å². The number of benzene rings is 2. The van der Waals surface area contributed by atoms with E-state index in [0.717, 1.165) is 10.9 Å². The third-order valence-corrected chi connectivity index (χ3v) is 3.61. The van der Waals surface area contributed by atoms with E-state index < -0.39 is 5.82 Å². The van der Waals surface area contributed by atoms with Gasteiger partial charge in [0.05, 0.1) is 11.3 Å². The molecule has 0 saturated heterocycles. The zero-order valence-electron chi connectivity index (χ0n) is 12.3. The standard InChI is InChI=1S/C16H11FN6O/c17-11-1-3-13(15(8-11)23-9-19-21-22-23)16(24)20-12-2-4-14-10(7-12)5-6-18-14/h1-9,18H,(H,20,24). The number of nitrogens with one attached hydrogen (secondary N) is 2. The normalized spacial score (nSPS) is 10.9. The molecule has 24 heavy (non-hydrogen) atoms. The maximum Gasteiger partial charge on any atom is 0.257 e. The number of hydrogen-bond acceptors (Lipinski definition) is 4. The van der Waals surface area contributed by atoms with Crippen LogP contribution in [0.1, 0.15) is 10.4 Å². The van der Waals surface area contributed by atoms with Gasteiger partial charge in [0.1, 0.15) is 12.1 Å².